The van der Waals surface area contributed by atoms with Crippen molar-refractivity contribution >= 4 is 15.8 Å². The topological polar surface area (TPSA) is 63.7 Å². The van der Waals surface area contributed by atoms with Crippen LogP contribution in [0.3, 0.4) is 0 Å². The van der Waals surface area contributed by atoms with Crippen molar-refractivity contribution in [3.8, 4) is 11.5 Å². The monoisotopic (exact) mass is 521 g/mol. The van der Waals surface area contributed by atoms with Crippen LogP contribution < -0.4 is 4.74 Å². The van der Waals surface area contributed by atoms with E-state index >= 15 is 0 Å². The van der Waals surface area contributed by atoms with Crippen LogP contribution in [-0.2, 0) is 27.4 Å². The highest BCUT2D eigenvalue weighted by atomic mass is 32.2. The summed E-state index contributed by atoms with van der Waals surface area (Å²) in [6.45, 7) is 0.215. The molecule has 1 aliphatic heterocycles. The Morgan fingerprint density at radius 1 is 0.972 bits per heavy atom. The van der Waals surface area contributed by atoms with Crippen LogP contribution in [0.4, 0.5) is 17.6 Å². The fraction of sp³-hybridized carbons (Fsp3) is 0.269. The number of aryl methyl sites for hydroxylation is 1. The number of ketones is 1. The molecule has 0 aliphatic carbocycles. The van der Waals surface area contributed by atoms with E-state index in [2.05, 4.69) is 0 Å². The van der Waals surface area contributed by atoms with Gasteiger partial charge in [0, 0.05) is 13.0 Å². The van der Waals surface area contributed by atoms with Gasteiger partial charge in [-0.05, 0) is 85.5 Å². The average molecular weight is 522 g/mol. The largest absolute Gasteiger partial charge is 0.457 e. The van der Waals surface area contributed by atoms with E-state index in [0.29, 0.717) is 25.0 Å². The fourth-order valence-corrected chi connectivity index (χ4v) is 5.82. The van der Waals surface area contributed by atoms with Crippen LogP contribution in [0, 0.1) is 5.82 Å². The second-order valence-corrected chi connectivity index (χ2v) is 10.4. The molecule has 0 unspecified atom stereocenters. The number of Topliss-reactive ketones (excluding diaryl/α,β-unsaturated/α-hetero) is 1. The minimum atomic E-state index is -4.43. The molecular formula is C26H23F4NO4S. The van der Waals surface area contributed by atoms with Gasteiger partial charge in [-0.25, -0.2) is 12.8 Å². The molecule has 1 fully saturated rings. The van der Waals surface area contributed by atoms with Gasteiger partial charge in [0.25, 0.3) is 0 Å². The third-order valence-corrected chi connectivity index (χ3v) is 7.89. The molecule has 190 valence electrons. The van der Waals surface area contributed by atoms with Gasteiger partial charge in [0.2, 0.25) is 10.0 Å². The molecule has 1 saturated heterocycles. The number of nitrogens with zero attached hydrogens (tertiary/aromatic N) is 1. The van der Waals surface area contributed by atoms with Crippen molar-refractivity contribution in [2.24, 2.45) is 0 Å². The van der Waals surface area contributed by atoms with Crippen molar-refractivity contribution in [3.63, 3.8) is 0 Å². The van der Waals surface area contributed by atoms with E-state index in [9.17, 15) is 30.8 Å². The molecule has 36 heavy (non-hydrogen) atoms. The highest BCUT2D eigenvalue weighted by molar-refractivity contribution is 7.89. The predicted molar refractivity (Wildman–Crippen MR) is 125 cm³/mol. The molecule has 0 saturated carbocycles. The zero-order chi connectivity index (χ0) is 25.9. The van der Waals surface area contributed by atoms with Crippen LogP contribution in [0.25, 0.3) is 0 Å². The maximum absolute atomic E-state index is 13.2. The minimum absolute atomic E-state index is 0.0586. The van der Waals surface area contributed by atoms with Gasteiger partial charge in [-0.15, -0.1) is 0 Å². The Labute approximate surface area is 206 Å². The minimum Gasteiger partial charge on any atom is -0.457 e. The van der Waals surface area contributed by atoms with Gasteiger partial charge < -0.3 is 4.74 Å². The number of ether oxygens (including phenoxy) is 1. The fourth-order valence-electron chi connectivity index (χ4n) is 4.14. The molecule has 1 atom stereocenters. The summed E-state index contributed by atoms with van der Waals surface area (Å²) in [5.41, 5.74) is -0.0109. The molecule has 0 N–H and O–H groups in total. The molecule has 5 nitrogen and oxygen atoms in total. The Hall–Kier alpha value is -3.24. The Bertz CT molecular complexity index is 1320. The lowest BCUT2D eigenvalue weighted by molar-refractivity contribution is -0.137. The van der Waals surface area contributed by atoms with Crippen molar-refractivity contribution in [2.75, 3.05) is 6.54 Å². The van der Waals surface area contributed by atoms with Crippen molar-refractivity contribution in [3.05, 3.63) is 89.7 Å². The van der Waals surface area contributed by atoms with Gasteiger partial charge in [0.15, 0.2) is 5.78 Å². The first-order chi connectivity index (χ1) is 17.0. The summed E-state index contributed by atoms with van der Waals surface area (Å²) in [5.74, 6) is -0.121. The molecule has 4 rings (SSSR count). The summed E-state index contributed by atoms with van der Waals surface area (Å²) in [6.07, 6.45) is -3.03. The summed E-state index contributed by atoms with van der Waals surface area (Å²) in [7, 11) is -3.93. The van der Waals surface area contributed by atoms with E-state index in [0.717, 1.165) is 29.8 Å². The van der Waals surface area contributed by atoms with E-state index in [1.165, 1.54) is 28.6 Å². The smallest absolute Gasteiger partial charge is 0.416 e. The van der Waals surface area contributed by atoms with Crippen molar-refractivity contribution in [1.29, 1.82) is 0 Å². The second-order valence-electron chi connectivity index (χ2n) is 8.47. The van der Waals surface area contributed by atoms with Crippen LogP contribution >= 0.6 is 0 Å². The van der Waals surface area contributed by atoms with E-state index in [1.54, 1.807) is 24.3 Å². The first-order valence-electron chi connectivity index (χ1n) is 11.3. The number of halogens is 4. The molecule has 0 radical (unpaired) electrons. The lowest BCUT2D eigenvalue weighted by atomic mass is 10.0. The molecule has 1 heterocycles. The molecule has 0 aromatic heterocycles. The Morgan fingerprint density at radius 2 is 1.67 bits per heavy atom. The molecule has 10 heteroatoms. The van der Waals surface area contributed by atoms with E-state index in [4.69, 9.17) is 4.74 Å². The predicted octanol–water partition coefficient (Wildman–Crippen LogP) is 5.99. The van der Waals surface area contributed by atoms with Gasteiger partial charge in [-0.2, -0.15) is 17.5 Å². The molecule has 3 aromatic rings. The van der Waals surface area contributed by atoms with Crippen LogP contribution in [0.2, 0.25) is 0 Å². The number of alkyl halides is 3. The normalized spacial score (nSPS) is 16.7. The van der Waals surface area contributed by atoms with Crippen LogP contribution in [0.1, 0.15) is 30.4 Å². The van der Waals surface area contributed by atoms with Crippen molar-refractivity contribution in [2.45, 2.75) is 42.8 Å². The lowest BCUT2D eigenvalue weighted by Crippen LogP contribution is -2.40. The van der Waals surface area contributed by atoms with Gasteiger partial charge in [-0.3, -0.25) is 4.79 Å². The van der Waals surface area contributed by atoms with Gasteiger partial charge in [0.1, 0.15) is 17.3 Å². The molecule has 0 spiro atoms. The third-order valence-electron chi connectivity index (χ3n) is 5.97. The van der Waals surface area contributed by atoms with Gasteiger partial charge in [-0.1, -0.05) is 12.1 Å². The number of rotatable bonds is 8. The Balaban J connectivity index is 1.39. The van der Waals surface area contributed by atoms with E-state index in [1.807, 2.05) is 0 Å². The number of carbonyl (C=O) groups excluding carboxylic acids is 1. The average Bonchev–Trinajstić information content (AvgIpc) is 3.34. The molecule has 0 bridgehead atoms. The SMILES string of the molecule is O=C(CCc1cccc(Oc2ccc(C(F)(F)F)cc2)c1)[C@@H]1CCCN1S(=O)(=O)c1ccc(F)cc1. The number of benzene rings is 3. The number of hydrogen-bond donors (Lipinski definition) is 0. The van der Waals surface area contributed by atoms with E-state index in [-0.39, 0.29) is 29.4 Å². The highest BCUT2D eigenvalue weighted by Crippen LogP contribution is 2.32. The maximum Gasteiger partial charge on any atom is 0.416 e. The maximum atomic E-state index is 13.2. The lowest BCUT2D eigenvalue weighted by Gasteiger charge is -2.23. The molecule has 0 amide bonds. The number of hydrogen-bond acceptors (Lipinski definition) is 4. The summed E-state index contributed by atoms with van der Waals surface area (Å²) in [5, 5.41) is 0. The second kappa shape index (κ2) is 10.4. The molecule has 3 aromatic carbocycles. The van der Waals surface area contributed by atoms with Gasteiger partial charge >= 0.3 is 6.18 Å². The summed E-state index contributed by atoms with van der Waals surface area (Å²) in [4.78, 5) is 12.9. The van der Waals surface area contributed by atoms with Gasteiger partial charge in [0.05, 0.1) is 16.5 Å². The zero-order valence-electron chi connectivity index (χ0n) is 19.0. The summed E-state index contributed by atoms with van der Waals surface area (Å²) >= 11 is 0. The quantitative estimate of drug-likeness (QED) is 0.342. The summed E-state index contributed by atoms with van der Waals surface area (Å²) in [6, 6.07) is 14.9. The van der Waals surface area contributed by atoms with Crippen LogP contribution in [0.5, 0.6) is 11.5 Å². The van der Waals surface area contributed by atoms with Crippen molar-refractivity contribution < 1.29 is 35.5 Å². The van der Waals surface area contributed by atoms with Crippen LogP contribution in [-0.4, -0.2) is 31.1 Å². The first kappa shape index (κ1) is 25.8. The standard InChI is InChI=1S/C26H23F4NO4S/c27-20-9-13-23(14-10-20)36(33,34)31-16-2-5-24(31)25(32)15-6-18-3-1-4-22(17-18)35-21-11-7-19(8-12-21)26(28,29)30/h1,3-4,7-14,17,24H,2,5-6,15-16H2/t24-/m0/s1. The summed E-state index contributed by atoms with van der Waals surface area (Å²) < 4.78 is 84.3. The number of carbonyl (C=O) groups is 1. The zero-order valence-corrected chi connectivity index (χ0v) is 19.9. The Kier molecular flexibility index (Phi) is 7.46. The Morgan fingerprint density at radius 3 is 2.33 bits per heavy atom. The third kappa shape index (κ3) is 5.93. The molecular weight excluding hydrogens is 498 g/mol. The van der Waals surface area contributed by atoms with E-state index < -0.39 is 33.6 Å². The number of sulfonamides is 1. The first-order valence-corrected chi connectivity index (χ1v) is 12.7. The van der Waals surface area contributed by atoms with Crippen molar-refractivity contribution in [1.82, 2.24) is 4.31 Å². The molecule has 1 aliphatic rings. The van der Waals surface area contributed by atoms with Crippen LogP contribution in [0.15, 0.2) is 77.7 Å². The highest BCUT2D eigenvalue weighted by Gasteiger charge is 2.38.